The first kappa shape index (κ1) is 16.2. The van der Waals surface area contributed by atoms with Crippen LogP contribution in [-0.2, 0) is 6.67 Å². The molecule has 24 heavy (non-hydrogen) atoms. The number of hydrogen-bond acceptors (Lipinski definition) is 2. The van der Waals surface area contributed by atoms with Crippen molar-refractivity contribution < 1.29 is 8.78 Å². The Morgan fingerprint density at radius 3 is 2.54 bits per heavy atom. The summed E-state index contributed by atoms with van der Waals surface area (Å²) in [5, 5.41) is 0. The molecule has 0 bridgehead atoms. The maximum atomic E-state index is 13.5. The van der Waals surface area contributed by atoms with E-state index in [1.807, 2.05) is 16.7 Å². The van der Waals surface area contributed by atoms with Crippen molar-refractivity contribution in [1.29, 1.82) is 0 Å². The number of benzene rings is 1. The molecule has 2 fully saturated rings. The van der Waals surface area contributed by atoms with Crippen LogP contribution in [0.25, 0.3) is 11.0 Å². The third-order valence-corrected chi connectivity index (χ3v) is 6.16. The predicted molar refractivity (Wildman–Crippen MR) is 93.7 cm³/mol. The van der Waals surface area contributed by atoms with Crippen LogP contribution in [0.5, 0.6) is 0 Å². The van der Waals surface area contributed by atoms with Crippen molar-refractivity contribution in [3.8, 4) is 0 Å². The van der Waals surface area contributed by atoms with Crippen molar-refractivity contribution in [3.05, 3.63) is 29.0 Å². The molecule has 1 saturated carbocycles. The van der Waals surface area contributed by atoms with Crippen LogP contribution in [0.1, 0.15) is 45.1 Å². The third-order valence-electron chi connectivity index (χ3n) is 5.75. The average molecular weight is 351 g/mol. The van der Waals surface area contributed by atoms with E-state index in [0.717, 1.165) is 22.5 Å². The maximum absolute atomic E-state index is 13.5. The van der Waals surface area contributed by atoms with Crippen LogP contribution in [0.4, 0.5) is 8.78 Å². The van der Waals surface area contributed by atoms with Gasteiger partial charge in [0.2, 0.25) is 0 Å². The Labute approximate surface area is 145 Å². The molecule has 1 aliphatic heterocycles. The molecule has 130 valence electrons. The van der Waals surface area contributed by atoms with E-state index in [0.29, 0.717) is 18.2 Å². The molecule has 1 aromatic carbocycles. The van der Waals surface area contributed by atoms with E-state index in [1.165, 1.54) is 38.5 Å². The molecular formula is C18H23F2N3S. The molecule has 2 aromatic rings. The number of alkyl halides is 2. The predicted octanol–water partition coefficient (Wildman–Crippen LogP) is 5.18. The minimum absolute atomic E-state index is 0.226. The van der Waals surface area contributed by atoms with E-state index in [9.17, 15) is 8.78 Å². The molecule has 2 heterocycles. The first-order chi connectivity index (χ1) is 11.7. The summed E-state index contributed by atoms with van der Waals surface area (Å²) in [5.41, 5.74) is 1.33. The van der Waals surface area contributed by atoms with Gasteiger partial charge in [0, 0.05) is 12.6 Å². The van der Waals surface area contributed by atoms with Crippen LogP contribution in [0, 0.1) is 10.7 Å². The fraction of sp³-hybridized carbons (Fsp3) is 0.611. The Kier molecular flexibility index (Phi) is 4.43. The van der Waals surface area contributed by atoms with Gasteiger partial charge in [0.25, 0.3) is 0 Å². The highest BCUT2D eigenvalue weighted by Gasteiger charge is 2.33. The van der Waals surface area contributed by atoms with Crippen LogP contribution < -0.4 is 0 Å². The summed E-state index contributed by atoms with van der Waals surface area (Å²) in [5.74, 6) is 0.769. The van der Waals surface area contributed by atoms with Crippen LogP contribution in [0.2, 0.25) is 0 Å². The second kappa shape index (κ2) is 6.56. The summed E-state index contributed by atoms with van der Waals surface area (Å²) < 4.78 is 30.1. The van der Waals surface area contributed by atoms with Crippen molar-refractivity contribution in [2.24, 2.45) is 5.92 Å². The van der Waals surface area contributed by atoms with Crippen molar-refractivity contribution in [1.82, 2.24) is 14.0 Å². The minimum Gasteiger partial charge on any atom is -0.303 e. The van der Waals surface area contributed by atoms with Gasteiger partial charge in [-0.15, -0.1) is 0 Å². The lowest BCUT2D eigenvalue weighted by atomic mass is 9.78. The van der Waals surface area contributed by atoms with Crippen LogP contribution in [0.3, 0.4) is 0 Å². The van der Waals surface area contributed by atoms with Gasteiger partial charge in [0.15, 0.2) is 4.77 Å². The molecule has 2 aliphatic rings. The van der Waals surface area contributed by atoms with E-state index in [2.05, 4.69) is 4.90 Å². The monoisotopic (exact) mass is 351 g/mol. The van der Waals surface area contributed by atoms with Crippen LogP contribution in [-0.4, -0.2) is 26.6 Å². The van der Waals surface area contributed by atoms with Gasteiger partial charge in [-0.1, -0.05) is 25.0 Å². The summed E-state index contributed by atoms with van der Waals surface area (Å²) in [4.78, 5) is 2.48. The zero-order valence-electron chi connectivity index (χ0n) is 13.7. The lowest BCUT2D eigenvalue weighted by Crippen LogP contribution is -2.47. The van der Waals surface area contributed by atoms with Crippen molar-refractivity contribution in [2.75, 3.05) is 6.54 Å². The zero-order chi connectivity index (χ0) is 16.7. The first-order valence-corrected chi connectivity index (χ1v) is 9.29. The maximum Gasteiger partial charge on any atom is 0.321 e. The van der Waals surface area contributed by atoms with Gasteiger partial charge in [0.1, 0.15) is 0 Å². The molecule has 0 spiro atoms. The molecule has 3 nitrogen and oxygen atoms in total. The lowest BCUT2D eigenvalue weighted by Gasteiger charge is -2.44. The van der Waals surface area contributed by atoms with Gasteiger partial charge in [-0.25, -0.2) is 0 Å². The number of piperidine rings is 1. The summed E-state index contributed by atoms with van der Waals surface area (Å²) in [6.45, 7) is -0.940. The van der Waals surface area contributed by atoms with Gasteiger partial charge < -0.3 is 4.57 Å². The number of imidazole rings is 1. The van der Waals surface area contributed by atoms with Crippen molar-refractivity contribution >= 4 is 23.3 Å². The fourth-order valence-corrected chi connectivity index (χ4v) is 4.98. The van der Waals surface area contributed by atoms with Gasteiger partial charge in [-0.3, -0.25) is 9.47 Å². The van der Waals surface area contributed by atoms with Crippen LogP contribution in [0.15, 0.2) is 24.3 Å². The number of para-hydroxylation sites is 2. The van der Waals surface area contributed by atoms with E-state index < -0.39 is 6.55 Å². The summed E-state index contributed by atoms with van der Waals surface area (Å²) >= 11 is 5.40. The normalized spacial score (nSPS) is 25.3. The largest absolute Gasteiger partial charge is 0.321 e. The average Bonchev–Trinajstić information content (AvgIpc) is 2.87. The fourth-order valence-electron chi connectivity index (χ4n) is 4.64. The Hall–Kier alpha value is -1.27. The molecule has 4 rings (SSSR count). The Bertz CT molecular complexity index is 780. The molecule has 0 N–H and O–H groups in total. The quantitative estimate of drug-likeness (QED) is 0.707. The highest BCUT2D eigenvalue weighted by atomic mass is 32.1. The van der Waals surface area contributed by atoms with Gasteiger partial charge in [-0.2, -0.15) is 8.78 Å². The number of hydrogen-bond donors (Lipinski definition) is 0. The standard InChI is InChI=1S/C18H23F2N3S/c19-17(20)23-16-10-4-3-9-15(16)22(18(23)24)12-21-11-5-7-13-6-1-2-8-14(13)21/h3-4,9-10,13-14,17H,1-2,5-8,11-12H2. The summed E-state index contributed by atoms with van der Waals surface area (Å²) in [6, 6.07) is 7.89. The minimum atomic E-state index is -2.60. The molecule has 1 aromatic heterocycles. The van der Waals surface area contributed by atoms with E-state index >= 15 is 0 Å². The number of likely N-dealkylation sites (tertiary alicyclic amines) is 1. The lowest BCUT2D eigenvalue weighted by molar-refractivity contribution is 0.0350. The third kappa shape index (κ3) is 2.69. The number of aromatic nitrogens is 2. The molecule has 1 saturated heterocycles. The van der Waals surface area contributed by atoms with E-state index in [1.54, 1.807) is 12.1 Å². The first-order valence-electron chi connectivity index (χ1n) is 8.89. The molecular weight excluding hydrogens is 328 g/mol. The Balaban J connectivity index is 1.72. The highest BCUT2D eigenvalue weighted by Crippen LogP contribution is 2.36. The van der Waals surface area contributed by atoms with Crippen molar-refractivity contribution in [3.63, 3.8) is 0 Å². The molecule has 2 unspecified atom stereocenters. The number of nitrogens with zero attached hydrogens (tertiary/aromatic N) is 3. The smallest absolute Gasteiger partial charge is 0.303 e. The van der Waals surface area contributed by atoms with Gasteiger partial charge in [-0.05, 0) is 56.0 Å². The Morgan fingerprint density at radius 2 is 1.75 bits per heavy atom. The van der Waals surface area contributed by atoms with E-state index in [-0.39, 0.29) is 4.77 Å². The highest BCUT2D eigenvalue weighted by molar-refractivity contribution is 7.71. The number of rotatable bonds is 3. The second-order valence-corrected chi connectivity index (χ2v) is 7.42. The summed E-state index contributed by atoms with van der Waals surface area (Å²) in [6.07, 6.45) is 7.66. The number of halogens is 2. The molecule has 0 radical (unpaired) electrons. The summed E-state index contributed by atoms with van der Waals surface area (Å²) in [7, 11) is 0. The van der Waals surface area contributed by atoms with Crippen LogP contribution >= 0.6 is 12.2 Å². The van der Waals surface area contributed by atoms with E-state index in [4.69, 9.17) is 12.2 Å². The second-order valence-electron chi connectivity index (χ2n) is 7.05. The molecule has 1 aliphatic carbocycles. The van der Waals surface area contributed by atoms with Gasteiger partial charge in [0.05, 0.1) is 17.7 Å². The molecule has 0 amide bonds. The number of fused-ring (bicyclic) bond motifs is 2. The zero-order valence-corrected chi connectivity index (χ0v) is 14.5. The molecule has 6 heteroatoms. The Morgan fingerprint density at radius 1 is 1.04 bits per heavy atom. The topological polar surface area (TPSA) is 13.1 Å². The van der Waals surface area contributed by atoms with Crippen molar-refractivity contribution in [2.45, 2.75) is 57.8 Å². The molecule has 2 atom stereocenters. The van der Waals surface area contributed by atoms with Gasteiger partial charge >= 0.3 is 6.55 Å². The SMILES string of the molecule is FC(F)n1c(=S)n(CN2CCCC3CCCCC32)c2ccccc21.